The van der Waals surface area contributed by atoms with Crippen LogP contribution in [0.3, 0.4) is 0 Å². The van der Waals surface area contributed by atoms with E-state index in [1.54, 1.807) is 0 Å². The predicted octanol–water partition coefficient (Wildman–Crippen LogP) is 22.4. The molecule has 0 rings (SSSR count). The van der Waals surface area contributed by atoms with Crippen molar-refractivity contribution in [3.05, 3.63) is 97.2 Å². The quantitative estimate of drug-likeness (QED) is 0.0261. The molecule has 0 saturated carbocycles. The van der Waals surface area contributed by atoms with Crippen LogP contribution in [0.1, 0.15) is 316 Å². The van der Waals surface area contributed by atoms with Crippen molar-refractivity contribution in [2.75, 3.05) is 13.2 Å². The van der Waals surface area contributed by atoms with E-state index in [4.69, 9.17) is 14.2 Å². The summed E-state index contributed by atoms with van der Waals surface area (Å²) in [5, 5.41) is 0. The lowest BCUT2D eigenvalue weighted by atomic mass is 10.0. The monoisotopic (exact) mass is 1070 g/mol. The molecule has 0 aromatic heterocycles. The van der Waals surface area contributed by atoms with Gasteiger partial charge in [-0.3, -0.25) is 14.4 Å². The lowest BCUT2D eigenvalue weighted by molar-refractivity contribution is -0.167. The average Bonchev–Trinajstić information content (AvgIpc) is 3.43. The third-order valence-electron chi connectivity index (χ3n) is 14.1. The largest absolute Gasteiger partial charge is 0.462 e. The van der Waals surface area contributed by atoms with E-state index >= 15 is 0 Å². The molecule has 442 valence electrons. The Bertz CT molecular complexity index is 1510. The van der Waals surface area contributed by atoms with Crippen molar-refractivity contribution >= 4 is 17.9 Å². The maximum atomic E-state index is 12.9. The van der Waals surface area contributed by atoms with Gasteiger partial charge in [0.05, 0.1) is 0 Å². The first-order chi connectivity index (χ1) is 38.0. The van der Waals surface area contributed by atoms with E-state index in [0.717, 1.165) is 128 Å². The molecule has 0 heterocycles. The predicted molar refractivity (Wildman–Crippen MR) is 334 cm³/mol. The first-order valence-corrected chi connectivity index (χ1v) is 32.7. The Hall–Kier alpha value is -3.67. The Morgan fingerprint density at radius 2 is 0.506 bits per heavy atom. The van der Waals surface area contributed by atoms with Crippen LogP contribution in [0.15, 0.2) is 97.2 Å². The van der Waals surface area contributed by atoms with Crippen molar-refractivity contribution in [3.8, 4) is 0 Å². The second-order valence-electron chi connectivity index (χ2n) is 21.6. The number of esters is 3. The van der Waals surface area contributed by atoms with Crippen molar-refractivity contribution in [3.63, 3.8) is 0 Å². The Kier molecular flexibility index (Phi) is 61.8. The van der Waals surface area contributed by atoms with Gasteiger partial charge in [-0.25, -0.2) is 0 Å². The highest BCUT2D eigenvalue weighted by atomic mass is 16.6. The summed E-state index contributed by atoms with van der Waals surface area (Å²) < 4.78 is 16.9. The summed E-state index contributed by atoms with van der Waals surface area (Å²) in [6.07, 6.45) is 87.0. The Labute approximate surface area is 477 Å². The Balaban J connectivity index is 4.34. The van der Waals surface area contributed by atoms with Gasteiger partial charge in [-0.15, -0.1) is 0 Å². The number of carbonyl (C=O) groups excluding carboxylic acids is 3. The van der Waals surface area contributed by atoms with Crippen LogP contribution in [-0.4, -0.2) is 37.2 Å². The summed E-state index contributed by atoms with van der Waals surface area (Å²) in [6, 6.07) is 0. The number of rotatable bonds is 59. The van der Waals surface area contributed by atoms with Gasteiger partial charge < -0.3 is 14.2 Å². The molecule has 0 aliphatic rings. The summed E-state index contributed by atoms with van der Waals surface area (Å²) >= 11 is 0. The van der Waals surface area contributed by atoms with Crippen LogP contribution in [0.2, 0.25) is 0 Å². The summed E-state index contributed by atoms with van der Waals surface area (Å²) in [4.78, 5) is 38.3. The fourth-order valence-electron chi connectivity index (χ4n) is 9.18. The van der Waals surface area contributed by atoms with Crippen molar-refractivity contribution in [1.29, 1.82) is 0 Å². The summed E-state index contributed by atoms with van der Waals surface area (Å²) in [7, 11) is 0. The molecule has 6 nitrogen and oxygen atoms in total. The lowest BCUT2D eigenvalue weighted by Crippen LogP contribution is -2.30. The van der Waals surface area contributed by atoms with Crippen LogP contribution in [0, 0.1) is 0 Å². The van der Waals surface area contributed by atoms with Gasteiger partial charge in [0, 0.05) is 19.3 Å². The molecule has 0 saturated heterocycles. The van der Waals surface area contributed by atoms with Gasteiger partial charge in [-0.05, 0) is 103 Å². The van der Waals surface area contributed by atoms with Crippen LogP contribution in [0.5, 0.6) is 0 Å². The number of carbonyl (C=O) groups is 3. The molecule has 0 aliphatic heterocycles. The third-order valence-corrected chi connectivity index (χ3v) is 14.1. The molecule has 0 fully saturated rings. The minimum atomic E-state index is -0.789. The highest BCUT2D eigenvalue weighted by Crippen LogP contribution is 2.17. The molecule has 0 N–H and O–H groups in total. The third kappa shape index (κ3) is 63.0. The zero-order chi connectivity index (χ0) is 55.7. The minimum absolute atomic E-state index is 0.0858. The standard InChI is InChI=1S/C71H122O6/c1-4-7-10-13-16-19-22-25-27-29-31-33-34-35-36-37-38-39-41-42-44-46-49-52-55-58-61-64-70(73)76-67-68(66-75-69(72)63-60-57-54-51-48-24-21-18-15-12-9-6-3)77-71(74)65-62-59-56-53-50-47-45-43-40-32-30-28-26-23-20-17-14-11-8-5-2/h7,10,16,18-19,21,25,27,31,33,35-36,38-39,42,44,68H,4-6,8-9,11-15,17,20,22-24,26,28-30,32,34,37,40-41,43,45-67H2,1-3H3/b10-7-,19-16-,21-18-,27-25-,33-31-,36-35-,39-38-,44-42-. The van der Waals surface area contributed by atoms with Gasteiger partial charge in [0.2, 0.25) is 0 Å². The highest BCUT2D eigenvalue weighted by molar-refractivity contribution is 5.71. The first kappa shape index (κ1) is 73.3. The van der Waals surface area contributed by atoms with E-state index in [9.17, 15) is 14.4 Å². The van der Waals surface area contributed by atoms with Gasteiger partial charge in [-0.2, -0.15) is 0 Å². The van der Waals surface area contributed by atoms with Crippen LogP contribution < -0.4 is 0 Å². The number of ether oxygens (including phenoxy) is 3. The SMILES string of the molecule is CC/C=C\C/C=C\C/C=C\C/C=C\C/C=C\C/C=C\C/C=C\CCCCCCCC(=O)OCC(COC(=O)CCCCCCC/C=C\CCCCC)OC(=O)CCCCCCCCCCCCCCCCCCCCCC. The lowest BCUT2D eigenvalue weighted by Gasteiger charge is -2.18. The molecular weight excluding hydrogens is 949 g/mol. The van der Waals surface area contributed by atoms with E-state index in [1.165, 1.54) is 148 Å². The van der Waals surface area contributed by atoms with Gasteiger partial charge in [-0.1, -0.05) is 291 Å². The number of allylic oxidation sites excluding steroid dienone is 16. The van der Waals surface area contributed by atoms with E-state index in [2.05, 4.69) is 118 Å². The maximum Gasteiger partial charge on any atom is 0.306 e. The molecule has 0 spiro atoms. The van der Waals surface area contributed by atoms with E-state index < -0.39 is 6.10 Å². The number of hydrogen-bond donors (Lipinski definition) is 0. The molecule has 0 radical (unpaired) electrons. The summed E-state index contributed by atoms with van der Waals surface area (Å²) in [5.41, 5.74) is 0. The molecule has 0 aromatic rings. The second-order valence-corrected chi connectivity index (χ2v) is 21.6. The summed E-state index contributed by atoms with van der Waals surface area (Å²) in [6.45, 7) is 6.51. The fourth-order valence-corrected chi connectivity index (χ4v) is 9.18. The van der Waals surface area contributed by atoms with Crippen molar-refractivity contribution < 1.29 is 28.6 Å². The van der Waals surface area contributed by atoms with Crippen LogP contribution >= 0.6 is 0 Å². The molecular formula is C71H122O6. The zero-order valence-corrected chi connectivity index (χ0v) is 50.7. The van der Waals surface area contributed by atoms with Crippen LogP contribution in [0.4, 0.5) is 0 Å². The molecule has 0 bridgehead atoms. The number of unbranched alkanes of at least 4 members (excludes halogenated alkanes) is 32. The Morgan fingerprint density at radius 3 is 0.831 bits per heavy atom. The molecule has 1 atom stereocenters. The van der Waals surface area contributed by atoms with Crippen molar-refractivity contribution in [2.24, 2.45) is 0 Å². The fraction of sp³-hybridized carbons (Fsp3) is 0.732. The average molecular weight is 1070 g/mol. The van der Waals surface area contributed by atoms with Gasteiger partial charge in [0.15, 0.2) is 6.10 Å². The first-order valence-electron chi connectivity index (χ1n) is 32.7. The van der Waals surface area contributed by atoms with E-state index in [1.807, 2.05) is 0 Å². The van der Waals surface area contributed by atoms with E-state index in [-0.39, 0.29) is 31.1 Å². The molecule has 0 amide bonds. The van der Waals surface area contributed by atoms with Crippen LogP contribution in [0.25, 0.3) is 0 Å². The maximum absolute atomic E-state index is 12.9. The molecule has 0 aromatic carbocycles. The van der Waals surface area contributed by atoms with E-state index in [0.29, 0.717) is 19.3 Å². The molecule has 77 heavy (non-hydrogen) atoms. The summed E-state index contributed by atoms with van der Waals surface area (Å²) in [5.74, 6) is -0.901. The highest BCUT2D eigenvalue weighted by Gasteiger charge is 2.19. The normalized spacial score (nSPS) is 12.7. The zero-order valence-electron chi connectivity index (χ0n) is 50.7. The molecule has 0 aliphatic carbocycles. The second kappa shape index (κ2) is 64.9. The topological polar surface area (TPSA) is 78.9 Å². The Morgan fingerprint density at radius 1 is 0.273 bits per heavy atom. The van der Waals surface area contributed by atoms with Gasteiger partial charge >= 0.3 is 17.9 Å². The molecule has 1 unspecified atom stereocenters. The van der Waals surface area contributed by atoms with Gasteiger partial charge in [0.1, 0.15) is 13.2 Å². The van der Waals surface area contributed by atoms with Crippen LogP contribution in [-0.2, 0) is 28.6 Å². The smallest absolute Gasteiger partial charge is 0.306 e. The van der Waals surface area contributed by atoms with Crippen molar-refractivity contribution in [1.82, 2.24) is 0 Å². The number of hydrogen-bond acceptors (Lipinski definition) is 6. The minimum Gasteiger partial charge on any atom is -0.462 e. The molecule has 6 heteroatoms. The van der Waals surface area contributed by atoms with Gasteiger partial charge in [0.25, 0.3) is 0 Å². The van der Waals surface area contributed by atoms with Crippen molar-refractivity contribution in [2.45, 2.75) is 322 Å².